The predicted molar refractivity (Wildman–Crippen MR) is 103 cm³/mol. The van der Waals surface area contributed by atoms with Crippen molar-refractivity contribution in [3.05, 3.63) is 73.6 Å². The van der Waals surface area contributed by atoms with Gasteiger partial charge in [-0.3, -0.25) is 24.6 Å². The molecule has 0 radical (unpaired) electrons. The van der Waals surface area contributed by atoms with Gasteiger partial charge in [0.2, 0.25) is 0 Å². The van der Waals surface area contributed by atoms with Crippen LogP contribution in [-0.2, 0) is 11.3 Å². The van der Waals surface area contributed by atoms with Gasteiger partial charge >= 0.3 is 5.69 Å². The van der Waals surface area contributed by atoms with Crippen molar-refractivity contribution >= 4 is 46.3 Å². The lowest BCUT2D eigenvalue weighted by Crippen LogP contribution is -2.27. The van der Waals surface area contributed by atoms with Crippen molar-refractivity contribution in [3.8, 4) is 5.75 Å². The van der Waals surface area contributed by atoms with Gasteiger partial charge in [0, 0.05) is 11.1 Å². The number of imide groups is 1. The summed E-state index contributed by atoms with van der Waals surface area (Å²) in [5.41, 5.74) is 0.981. The van der Waals surface area contributed by atoms with Gasteiger partial charge in [-0.1, -0.05) is 29.8 Å². The number of amides is 2. The Kier molecular flexibility index (Phi) is 5.48. The molecule has 3 rings (SSSR count). The average molecular weight is 405 g/mol. The smallest absolute Gasteiger partial charge is 0.311 e. The van der Waals surface area contributed by atoms with Crippen LogP contribution < -0.4 is 4.74 Å². The standard InChI is InChI=1S/C18H13ClN2O5S/c1-26-15-7-4-12(8-14(15)21(24)25)9-16-17(22)20(18(23)27-16)10-11-2-5-13(19)6-3-11/h2-9H,10H2,1H3/b16-9+. The largest absolute Gasteiger partial charge is 0.490 e. The fraction of sp³-hybridized carbons (Fsp3) is 0.111. The van der Waals surface area contributed by atoms with E-state index >= 15 is 0 Å². The topological polar surface area (TPSA) is 89.8 Å². The normalized spacial score (nSPS) is 15.5. The van der Waals surface area contributed by atoms with Crippen molar-refractivity contribution in [1.29, 1.82) is 0 Å². The number of hydrogen-bond donors (Lipinski definition) is 0. The zero-order valence-electron chi connectivity index (χ0n) is 14.0. The lowest BCUT2D eigenvalue weighted by Gasteiger charge is -2.12. The quantitative estimate of drug-likeness (QED) is 0.414. The van der Waals surface area contributed by atoms with Gasteiger partial charge in [0.1, 0.15) is 0 Å². The third-order valence-electron chi connectivity index (χ3n) is 3.82. The van der Waals surface area contributed by atoms with E-state index in [0.717, 1.165) is 22.2 Å². The monoisotopic (exact) mass is 404 g/mol. The summed E-state index contributed by atoms with van der Waals surface area (Å²) in [5, 5.41) is 11.3. The first-order valence-corrected chi connectivity index (χ1v) is 8.90. The molecule has 1 saturated heterocycles. The Bertz CT molecular complexity index is 959. The molecule has 27 heavy (non-hydrogen) atoms. The summed E-state index contributed by atoms with van der Waals surface area (Å²) in [4.78, 5) is 36.7. The van der Waals surface area contributed by atoms with Gasteiger partial charge in [0.15, 0.2) is 5.75 Å². The molecule has 2 aromatic rings. The van der Waals surface area contributed by atoms with Crippen LogP contribution in [-0.4, -0.2) is 28.1 Å². The molecule has 1 aliphatic rings. The molecule has 2 aromatic carbocycles. The Morgan fingerprint density at radius 2 is 1.93 bits per heavy atom. The van der Waals surface area contributed by atoms with Crippen LogP contribution in [0.5, 0.6) is 5.75 Å². The molecule has 9 heteroatoms. The molecule has 7 nitrogen and oxygen atoms in total. The number of hydrogen-bond acceptors (Lipinski definition) is 6. The summed E-state index contributed by atoms with van der Waals surface area (Å²) < 4.78 is 4.96. The number of ether oxygens (including phenoxy) is 1. The van der Waals surface area contributed by atoms with Crippen molar-refractivity contribution < 1.29 is 19.2 Å². The molecular formula is C18H13ClN2O5S. The van der Waals surface area contributed by atoms with Crippen molar-refractivity contribution in [2.24, 2.45) is 0 Å². The molecule has 0 aliphatic carbocycles. The van der Waals surface area contributed by atoms with Crippen molar-refractivity contribution in [3.63, 3.8) is 0 Å². The second-order valence-electron chi connectivity index (χ2n) is 5.58. The fourth-order valence-electron chi connectivity index (χ4n) is 2.50. The van der Waals surface area contributed by atoms with Crippen LogP contribution in [0.1, 0.15) is 11.1 Å². The van der Waals surface area contributed by atoms with E-state index in [1.807, 2.05) is 0 Å². The van der Waals surface area contributed by atoms with E-state index < -0.39 is 16.1 Å². The van der Waals surface area contributed by atoms with E-state index in [1.165, 1.54) is 25.3 Å². The van der Waals surface area contributed by atoms with Crippen molar-refractivity contribution in [2.75, 3.05) is 7.11 Å². The number of nitrogens with zero attached hydrogens (tertiary/aromatic N) is 2. The van der Waals surface area contributed by atoms with Crippen LogP contribution >= 0.6 is 23.4 Å². The first-order chi connectivity index (χ1) is 12.9. The SMILES string of the molecule is COc1ccc(/C=C2/SC(=O)N(Cc3ccc(Cl)cc3)C2=O)cc1[N+](=O)[O-]. The number of thioether (sulfide) groups is 1. The highest BCUT2D eigenvalue weighted by Gasteiger charge is 2.35. The number of nitro benzene ring substituents is 1. The summed E-state index contributed by atoms with van der Waals surface area (Å²) in [6.07, 6.45) is 1.46. The molecule has 0 spiro atoms. The predicted octanol–water partition coefficient (Wildman–Crippen LogP) is 4.49. The second-order valence-corrected chi connectivity index (χ2v) is 7.01. The number of rotatable bonds is 5. The Labute approximate surface area is 163 Å². The first kappa shape index (κ1) is 18.9. The van der Waals surface area contributed by atoms with E-state index in [4.69, 9.17) is 16.3 Å². The minimum absolute atomic E-state index is 0.119. The molecule has 0 aromatic heterocycles. The molecule has 1 heterocycles. The van der Waals surface area contributed by atoms with E-state index in [0.29, 0.717) is 10.6 Å². The first-order valence-electron chi connectivity index (χ1n) is 7.71. The third-order valence-corrected chi connectivity index (χ3v) is 4.98. The van der Waals surface area contributed by atoms with Gasteiger partial charge in [-0.2, -0.15) is 0 Å². The Balaban J connectivity index is 1.84. The number of methoxy groups -OCH3 is 1. The highest BCUT2D eigenvalue weighted by atomic mass is 35.5. The molecule has 0 saturated carbocycles. The van der Waals surface area contributed by atoms with E-state index in [-0.39, 0.29) is 22.9 Å². The molecule has 0 atom stereocenters. The van der Waals surface area contributed by atoms with Crippen LogP contribution in [0, 0.1) is 10.1 Å². The van der Waals surface area contributed by atoms with E-state index in [1.54, 1.807) is 30.3 Å². The third kappa shape index (κ3) is 4.12. The molecule has 138 valence electrons. The van der Waals surface area contributed by atoms with Crippen molar-refractivity contribution in [1.82, 2.24) is 4.90 Å². The van der Waals surface area contributed by atoms with Gasteiger partial charge in [0.25, 0.3) is 11.1 Å². The maximum absolute atomic E-state index is 12.6. The highest BCUT2D eigenvalue weighted by molar-refractivity contribution is 8.18. The van der Waals surface area contributed by atoms with Crippen LogP contribution in [0.15, 0.2) is 47.4 Å². The Hall–Kier alpha value is -2.84. The second kappa shape index (κ2) is 7.81. The number of benzene rings is 2. The number of carbonyl (C=O) groups is 2. The van der Waals surface area contributed by atoms with E-state index in [9.17, 15) is 19.7 Å². The molecular weight excluding hydrogens is 392 g/mol. The molecule has 2 amide bonds. The molecule has 1 aliphatic heterocycles. The highest BCUT2D eigenvalue weighted by Crippen LogP contribution is 2.35. The van der Waals surface area contributed by atoms with Crippen LogP contribution in [0.25, 0.3) is 6.08 Å². The Morgan fingerprint density at radius 1 is 1.22 bits per heavy atom. The summed E-state index contributed by atoms with van der Waals surface area (Å²) in [6, 6.07) is 11.2. The maximum atomic E-state index is 12.6. The zero-order chi connectivity index (χ0) is 19.6. The molecule has 0 N–H and O–H groups in total. The lowest BCUT2D eigenvalue weighted by atomic mass is 10.1. The number of halogens is 1. The van der Waals surface area contributed by atoms with Gasteiger partial charge in [-0.05, 0) is 47.2 Å². The summed E-state index contributed by atoms with van der Waals surface area (Å²) in [5.74, 6) is -0.327. The van der Waals surface area contributed by atoms with Crippen LogP contribution in [0.3, 0.4) is 0 Å². The number of nitro groups is 1. The van der Waals surface area contributed by atoms with Crippen molar-refractivity contribution in [2.45, 2.75) is 6.54 Å². The minimum atomic E-state index is -0.567. The molecule has 1 fully saturated rings. The summed E-state index contributed by atoms with van der Waals surface area (Å²) in [7, 11) is 1.34. The van der Waals surface area contributed by atoms with Gasteiger partial charge in [-0.15, -0.1) is 0 Å². The fourth-order valence-corrected chi connectivity index (χ4v) is 3.46. The summed E-state index contributed by atoms with van der Waals surface area (Å²) in [6.45, 7) is 0.127. The molecule has 0 bridgehead atoms. The molecule has 0 unspecified atom stereocenters. The minimum Gasteiger partial charge on any atom is -0.490 e. The van der Waals surface area contributed by atoms with Gasteiger partial charge < -0.3 is 4.74 Å². The van der Waals surface area contributed by atoms with Gasteiger partial charge in [-0.25, -0.2) is 0 Å². The van der Waals surface area contributed by atoms with Gasteiger partial charge in [0.05, 0.1) is 23.5 Å². The Morgan fingerprint density at radius 3 is 2.56 bits per heavy atom. The average Bonchev–Trinajstić information content (AvgIpc) is 2.90. The maximum Gasteiger partial charge on any atom is 0.311 e. The zero-order valence-corrected chi connectivity index (χ0v) is 15.6. The lowest BCUT2D eigenvalue weighted by molar-refractivity contribution is -0.385. The van der Waals surface area contributed by atoms with Crippen LogP contribution in [0.2, 0.25) is 5.02 Å². The van der Waals surface area contributed by atoms with E-state index in [2.05, 4.69) is 0 Å². The number of carbonyl (C=O) groups excluding carboxylic acids is 2. The summed E-state index contributed by atoms with van der Waals surface area (Å²) >= 11 is 6.63. The van der Waals surface area contributed by atoms with Crippen LogP contribution in [0.4, 0.5) is 10.5 Å².